The second-order valence-corrected chi connectivity index (χ2v) is 7.84. The molecule has 1 amide bonds. The maximum atomic E-state index is 13.4. The average molecular weight is 326 g/mol. The van der Waals surface area contributed by atoms with Crippen LogP contribution in [0.2, 0.25) is 0 Å². The van der Waals surface area contributed by atoms with Gasteiger partial charge in [0.2, 0.25) is 7.37 Å². The Balaban J connectivity index is 2.39. The molecule has 1 aromatic heterocycles. The minimum atomic E-state index is -3.47. The molecule has 1 aliphatic rings. The van der Waals surface area contributed by atoms with E-state index in [1.165, 1.54) is 12.3 Å². The zero-order valence-corrected chi connectivity index (χ0v) is 13.1. The van der Waals surface area contributed by atoms with Gasteiger partial charge in [-0.05, 0) is 25.5 Å². The van der Waals surface area contributed by atoms with E-state index in [0.717, 1.165) is 0 Å². The molecule has 1 aromatic rings. The number of nitrogens with zero attached hydrogens (tertiary/aromatic N) is 1. The highest BCUT2D eigenvalue weighted by Gasteiger charge is 2.66. The van der Waals surface area contributed by atoms with Crippen molar-refractivity contribution in [3.63, 3.8) is 0 Å². The second kappa shape index (κ2) is 6.10. The number of amides is 1. The van der Waals surface area contributed by atoms with Crippen LogP contribution < -0.4 is 5.32 Å². The summed E-state index contributed by atoms with van der Waals surface area (Å²) in [6.07, 6.45) is 1.99. The van der Waals surface area contributed by atoms with Gasteiger partial charge in [0.1, 0.15) is 11.0 Å². The van der Waals surface area contributed by atoms with E-state index < -0.39 is 18.7 Å². The lowest BCUT2D eigenvalue weighted by atomic mass is 10.3. The number of aromatic hydroxyl groups is 1. The van der Waals surface area contributed by atoms with Crippen molar-refractivity contribution in [3.05, 3.63) is 36.7 Å². The van der Waals surface area contributed by atoms with Crippen LogP contribution in [0, 0.1) is 5.92 Å². The summed E-state index contributed by atoms with van der Waals surface area (Å²) in [4.78, 5) is 15.1. The van der Waals surface area contributed by atoms with E-state index in [0.29, 0.717) is 6.42 Å². The first-order valence-corrected chi connectivity index (χ1v) is 8.69. The third-order valence-corrected chi connectivity index (χ3v) is 7.00. The van der Waals surface area contributed by atoms with Gasteiger partial charge in [-0.2, -0.15) is 0 Å². The van der Waals surface area contributed by atoms with E-state index in [1.807, 2.05) is 0 Å². The molecule has 8 heteroatoms. The largest absolute Gasteiger partial charge is 0.506 e. The number of carbonyl (C=O) groups is 1. The molecule has 1 unspecified atom stereocenters. The van der Waals surface area contributed by atoms with Crippen molar-refractivity contribution in [2.45, 2.75) is 24.8 Å². The van der Waals surface area contributed by atoms with Gasteiger partial charge in [-0.25, -0.2) is 4.79 Å². The first kappa shape index (κ1) is 16.5. The van der Waals surface area contributed by atoms with Crippen LogP contribution in [-0.2, 0) is 15.3 Å². The van der Waals surface area contributed by atoms with E-state index >= 15 is 0 Å². The fourth-order valence-corrected chi connectivity index (χ4v) is 5.63. The number of nitrogens with one attached hydrogen (secondary N) is 1. The number of hydrogen-bond acceptors (Lipinski definition) is 5. The molecule has 2 rings (SSSR count). The minimum absolute atomic E-state index is 0.0938. The van der Waals surface area contributed by atoms with Crippen molar-refractivity contribution in [1.29, 1.82) is 0 Å². The molecule has 0 saturated heterocycles. The van der Waals surface area contributed by atoms with Crippen molar-refractivity contribution in [3.8, 4) is 5.75 Å². The number of hydrogen-bond donors (Lipinski definition) is 3. The van der Waals surface area contributed by atoms with Gasteiger partial charge in [0.15, 0.2) is 0 Å². The highest BCUT2D eigenvalue weighted by molar-refractivity contribution is 7.60. The zero-order valence-electron chi connectivity index (χ0n) is 12.2. The van der Waals surface area contributed by atoms with Crippen molar-refractivity contribution in [2.75, 3.05) is 6.61 Å². The topological polar surface area (TPSA) is 109 Å². The van der Waals surface area contributed by atoms with E-state index in [4.69, 9.17) is 9.63 Å². The fourth-order valence-electron chi connectivity index (χ4n) is 2.62. The predicted octanol–water partition coefficient (Wildman–Crippen LogP) is 2.77. The number of rotatable bonds is 7. The van der Waals surface area contributed by atoms with Gasteiger partial charge >= 0.3 is 6.09 Å². The number of carboxylic acid groups (broad SMARTS) is 1. The van der Waals surface area contributed by atoms with Gasteiger partial charge in [0.25, 0.3) is 0 Å². The van der Waals surface area contributed by atoms with Crippen LogP contribution in [0.1, 0.15) is 19.0 Å². The Labute approximate surface area is 128 Å². The molecule has 0 bridgehead atoms. The lowest BCUT2D eigenvalue weighted by Gasteiger charge is -2.28. The molecule has 0 aliphatic heterocycles. The van der Waals surface area contributed by atoms with Crippen LogP contribution >= 0.6 is 7.37 Å². The summed E-state index contributed by atoms with van der Waals surface area (Å²) in [7, 11) is -3.47. The first-order valence-electron chi connectivity index (χ1n) is 6.88. The average Bonchev–Trinajstić information content (AvgIpc) is 3.16. The lowest BCUT2D eigenvalue weighted by Crippen LogP contribution is -2.38. The SMILES string of the molecule is C=C[C@@H]1C[C@@]1(NC(=O)O)P(=O)(Cc1ncccc1O)OCC. The Morgan fingerprint density at radius 1 is 1.73 bits per heavy atom. The summed E-state index contributed by atoms with van der Waals surface area (Å²) in [5.41, 5.74) is 0.223. The van der Waals surface area contributed by atoms with Gasteiger partial charge in [0, 0.05) is 12.1 Å². The van der Waals surface area contributed by atoms with Crippen LogP contribution in [0.4, 0.5) is 4.79 Å². The van der Waals surface area contributed by atoms with E-state index in [-0.39, 0.29) is 30.1 Å². The van der Waals surface area contributed by atoms with Gasteiger partial charge < -0.3 is 20.1 Å². The van der Waals surface area contributed by atoms with Gasteiger partial charge in [-0.3, -0.25) is 9.55 Å². The molecule has 7 nitrogen and oxygen atoms in total. The Hall–Kier alpha value is -1.85. The van der Waals surface area contributed by atoms with Gasteiger partial charge in [0.05, 0.1) is 18.5 Å². The van der Waals surface area contributed by atoms with Crippen LogP contribution in [0.3, 0.4) is 0 Å². The molecule has 0 spiro atoms. The Morgan fingerprint density at radius 2 is 2.45 bits per heavy atom. The van der Waals surface area contributed by atoms with E-state index in [9.17, 15) is 14.5 Å². The molecular formula is C14H19N2O5P. The Morgan fingerprint density at radius 3 is 2.95 bits per heavy atom. The zero-order chi connectivity index (χ0) is 16.4. The van der Waals surface area contributed by atoms with E-state index in [2.05, 4.69) is 16.9 Å². The second-order valence-electron chi connectivity index (χ2n) is 5.12. The molecule has 120 valence electrons. The lowest BCUT2D eigenvalue weighted by molar-refractivity contribution is 0.189. The van der Waals surface area contributed by atoms with Gasteiger partial charge in [-0.1, -0.05) is 6.08 Å². The summed E-state index contributed by atoms with van der Waals surface area (Å²) >= 11 is 0. The molecule has 0 aromatic carbocycles. The van der Waals surface area contributed by atoms with Crippen molar-refractivity contribution in [1.82, 2.24) is 10.3 Å². The predicted molar refractivity (Wildman–Crippen MR) is 81.0 cm³/mol. The molecule has 22 heavy (non-hydrogen) atoms. The molecule has 1 saturated carbocycles. The first-order chi connectivity index (χ1) is 10.4. The van der Waals surface area contributed by atoms with Crippen molar-refractivity contribution >= 4 is 13.5 Å². The minimum Gasteiger partial charge on any atom is -0.506 e. The Kier molecular flexibility index (Phi) is 4.58. The quantitative estimate of drug-likeness (QED) is 0.525. The van der Waals surface area contributed by atoms with Crippen molar-refractivity contribution in [2.24, 2.45) is 5.92 Å². The van der Waals surface area contributed by atoms with Crippen LogP contribution in [0.5, 0.6) is 5.75 Å². The van der Waals surface area contributed by atoms with Gasteiger partial charge in [-0.15, -0.1) is 6.58 Å². The summed E-state index contributed by atoms with van der Waals surface area (Å²) in [5.74, 6) is -0.365. The third-order valence-electron chi connectivity index (χ3n) is 3.76. The van der Waals surface area contributed by atoms with Crippen LogP contribution in [0.25, 0.3) is 0 Å². The summed E-state index contributed by atoms with van der Waals surface area (Å²) in [6.45, 7) is 5.50. The molecular weight excluding hydrogens is 307 g/mol. The third kappa shape index (κ3) is 2.87. The molecule has 1 aliphatic carbocycles. The monoisotopic (exact) mass is 326 g/mol. The normalized spacial score (nSPS) is 26.0. The fraction of sp³-hybridized carbons (Fsp3) is 0.429. The van der Waals surface area contributed by atoms with Crippen LogP contribution in [-0.4, -0.2) is 33.2 Å². The maximum Gasteiger partial charge on any atom is 0.405 e. The van der Waals surface area contributed by atoms with Crippen LogP contribution in [0.15, 0.2) is 31.0 Å². The van der Waals surface area contributed by atoms with Crippen molar-refractivity contribution < 1.29 is 24.1 Å². The highest BCUT2D eigenvalue weighted by Crippen LogP contribution is 2.73. The summed E-state index contributed by atoms with van der Waals surface area (Å²) in [6, 6.07) is 2.99. The molecule has 1 fully saturated rings. The number of pyridine rings is 1. The molecule has 0 radical (unpaired) electrons. The molecule has 1 heterocycles. The Bertz CT molecular complexity index is 635. The van der Waals surface area contributed by atoms with E-state index in [1.54, 1.807) is 19.1 Å². The highest BCUT2D eigenvalue weighted by atomic mass is 31.2. The summed E-state index contributed by atoms with van der Waals surface area (Å²) < 4.78 is 18.9. The smallest absolute Gasteiger partial charge is 0.405 e. The standard InChI is InChI=1S/C14H19N2O5P/c1-3-10-8-14(10,16-13(18)19)22(20,21-4-2)9-11-12(17)6-5-7-15-11/h3,5-7,10,16-17H,1,4,8-9H2,2H3,(H,18,19)/t10-,14-,22?/m1/s1. The maximum absolute atomic E-state index is 13.4. The molecule has 3 N–H and O–H groups in total. The number of aromatic nitrogens is 1. The summed E-state index contributed by atoms with van der Waals surface area (Å²) in [5, 5.41) is 20.1. The molecule has 3 atom stereocenters.